The number of hydrogen-bond acceptors (Lipinski definition) is 18. The van der Waals surface area contributed by atoms with Crippen molar-refractivity contribution in [1.29, 1.82) is 0 Å². The lowest BCUT2D eigenvalue weighted by atomic mass is 9.92. The standard InChI is InChI=1S/C46H53N5O18.CH3NO/c1-22(2)26(44(58)59)14-40(56)48-10-8-38(54)47-11-9-39(55)49-32-12-25(6-7-35(32)69-46(62)68-23(3)42(63-5)45(60)61)18-64-19-29-27-13-36-37(67-21-66-36)15-31(27)50-41-28(29)17-51-33(41)16-34(53)30(43(51)57)20-65-24(4)52;2-1-3/h6-7,12-13,15-16,22-23,26,42,46,53,62H,8-11,14,17-21H2,1-5H3,(H,47,54)(H,48,56)(H,49,55)(H,58,59)(H,60,61);1H,(H2,2,3). The largest absolute Gasteiger partial charge is 0.507 e. The number of aliphatic carboxylic acids is 2. The maximum Gasteiger partial charge on any atom is 0.335 e. The fourth-order valence-electron chi connectivity index (χ4n) is 7.64. The quantitative estimate of drug-likeness (QED) is 0.0247. The molecule has 2 aromatic heterocycles. The van der Waals surface area contributed by atoms with E-state index >= 15 is 0 Å². The molecule has 6 rings (SSSR count). The molecule has 0 aliphatic carbocycles. The lowest BCUT2D eigenvalue weighted by Gasteiger charge is -2.23. The Balaban J connectivity index is 0.00000313. The highest BCUT2D eigenvalue weighted by molar-refractivity contribution is 5.93. The Bertz CT molecular complexity index is 2740. The van der Waals surface area contributed by atoms with Crippen LogP contribution in [0.3, 0.4) is 0 Å². The summed E-state index contributed by atoms with van der Waals surface area (Å²) in [4.78, 5) is 99.6. The molecule has 2 aliphatic rings. The van der Waals surface area contributed by atoms with Crippen molar-refractivity contribution >= 4 is 58.6 Å². The van der Waals surface area contributed by atoms with Gasteiger partial charge in [0.05, 0.1) is 59.9 Å². The first-order valence-corrected chi connectivity index (χ1v) is 22.3. The van der Waals surface area contributed by atoms with Gasteiger partial charge in [-0.1, -0.05) is 19.9 Å². The number of anilines is 1. The Hall–Kier alpha value is -7.87. The normalized spacial score (nSPS) is 13.6. The van der Waals surface area contributed by atoms with E-state index in [4.69, 9.17) is 42.9 Å². The van der Waals surface area contributed by atoms with Gasteiger partial charge in [-0.2, -0.15) is 0 Å². The predicted octanol–water partition coefficient (Wildman–Crippen LogP) is 1.60. The third kappa shape index (κ3) is 14.1. The number of benzene rings is 2. The SMILES string of the molecule is COC(C(=O)O)C(C)OC(O)Oc1ccc(COCc2c3c(nc4cc5c(cc24)OCO5)-c2cc(O)c(COC(C)=O)c(=O)n2C3)cc1NC(=O)CCNC(=O)CCNC(=O)CC(C(=O)O)C(C)C.NC=O. The lowest BCUT2D eigenvalue weighted by molar-refractivity contribution is -0.252. The molecule has 0 saturated carbocycles. The molecule has 4 heterocycles. The average Bonchev–Trinajstić information content (AvgIpc) is 3.92. The minimum absolute atomic E-state index is 0.00139. The zero-order valence-corrected chi connectivity index (χ0v) is 39.9. The van der Waals surface area contributed by atoms with Crippen LogP contribution in [-0.4, -0.2) is 118 Å². The van der Waals surface area contributed by atoms with Gasteiger partial charge in [0.15, 0.2) is 17.6 Å². The van der Waals surface area contributed by atoms with E-state index in [1.54, 1.807) is 32.0 Å². The molecule has 388 valence electrons. The van der Waals surface area contributed by atoms with Crippen LogP contribution in [0.15, 0.2) is 41.2 Å². The topological polar surface area (TPSA) is 362 Å². The van der Waals surface area contributed by atoms with Gasteiger partial charge in [-0.05, 0) is 42.2 Å². The highest BCUT2D eigenvalue weighted by atomic mass is 16.8. The molecule has 4 aromatic rings. The summed E-state index contributed by atoms with van der Waals surface area (Å²) in [6, 6.07) is 9.33. The van der Waals surface area contributed by atoms with Crippen LogP contribution >= 0.6 is 0 Å². The minimum atomic E-state index is -2.02. The number of carbonyl (C=O) groups excluding carboxylic acids is 5. The molecule has 4 unspecified atom stereocenters. The summed E-state index contributed by atoms with van der Waals surface area (Å²) >= 11 is 0. The van der Waals surface area contributed by atoms with Crippen LogP contribution in [0.1, 0.15) is 69.2 Å². The first-order valence-electron chi connectivity index (χ1n) is 22.3. The van der Waals surface area contributed by atoms with Gasteiger partial charge in [-0.3, -0.25) is 33.6 Å². The summed E-state index contributed by atoms with van der Waals surface area (Å²) in [6.45, 7) is 3.22. The number of amides is 4. The van der Waals surface area contributed by atoms with E-state index in [-0.39, 0.29) is 94.0 Å². The second-order valence-electron chi connectivity index (χ2n) is 16.6. The fraction of sp³-hybridized carbons (Fsp3) is 0.426. The van der Waals surface area contributed by atoms with Gasteiger partial charge in [0.2, 0.25) is 30.9 Å². The molecule has 25 heteroatoms. The van der Waals surface area contributed by atoms with E-state index in [0.717, 1.165) is 7.11 Å². The van der Waals surface area contributed by atoms with Gasteiger partial charge >= 0.3 is 24.4 Å². The first kappa shape index (κ1) is 55.1. The Kier molecular flexibility index (Phi) is 19.4. The molecule has 25 nitrogen and oxygen atoms in total. The van der Waals surface area contributed by atoms with Crippen molar-refractivity contribution in [2.45, 2.75) is 92.0 Å². The first-order chi connectivity index (χ1) is 34.3. The number of rotatable bonds is 24. The number of primary amides is 1. The van der Waals surface area contributed by atoms with Gasteiger partial charge in [0, 0.05) is 69.5 Å². The molecule has 4 atom stereocenters. The van der Waals surface area contributed by atoms with Crippen LogP contribution in [0.2, 0.25) is 0 Å². The third-order valence-corrected chi connectivity index (χ3v) is 11.2. The van der Waals surface area contributed by atoms with Gasteiger partial charge < -0.3 is 79.8 Å². The molecule has 4 amide bonds. The van der Waals surface area contributed by atoms with Crippen molar-refractivity contribution in [3.63, 3.8) is 0 Å². The van der Waals surface area contributed by atoms with Crippen LogP contribution < -0.4 is 41.5 Å². The van der Waals surface area contributed by atoms with E-state index in [1.807, 2.05) is 0 Å². The van der Waals surface area contributed by atoms with Crippen LogP contribution in [0.4, 0.5) is 5.69 Å². The molecule has 0 spiro atoms. The number of aliphatic hydroxyl groups is 1. The second-order valence-corrected chi connectivity index (χ2v) is 16.6. The summed E-state index contributed by atoms with van der Waals surface area (Å²) in [5.41, 5.74) is 6.50. The highest BCUT2D eigenvalue weighted by Gasteiger charge is 2.31. The molecule has 9 N–H and O–H groups in total. The molecule has 0 bridgehead atoms. The maximum absolute atomic E-state index is 13.6. The van der Waals surface area contributed by atoms with E-state index in [0.29, 0.717) is 50.5 Å². The summed E-state index contributed by atoms with van der Waals surface area (Å²) in [5, 5.41) is 48.7. The number of pyridine rings is 2. The number of ether oxygens (including phenoxy) is 7. The highest BCUT2D eigenvalue weighted by Crippen LogP contribution is 2.42. The Labute approximate surface area is 410 Å². The molecule has 2 aromatic carbocycles. The number of carbonyl (C=O) groups is 7. The number of nitrogens with zero attached hydrogens (tertiary/aromatic N) is 2. The van der Waals surface area contributed by atoms with Crippen molar-refractivity contribution in [2.24, 2.45) is 17.6 Å². The number of aromatic nitrogens is 2. The maximum atomic E-state index is 13.6. The van der Waals surface area contributed by atoms with Crippen molar-refractivity contribution in [1.82, 2.24) is 20.2 Å². The van der Waals surface area contributed by atoms with Crippen molar-refractivity contribution in [3.8, 4) is 34.4 Å². The number of hydrogen-bond donors (Lipinski definition) is 8. The number of nitrogens with one attached hydrogen (secondary N) is 3. The number of aromatic hydroxyl groups is 1. The van der Waals surface area contributed by atoms with Crippen molar-refractivity contribution < 1.29 is 87.1 Å². The average molecular weight is 1010 g/mol. The zero-order chi connectivity index (χ0) is 52.8. The molecule has 72 heavy (non-hydrogen) atoms. The predicted molar refractivity (Wildman–Crippen MR) is 249 cm³/mol. The lowest BCUT2D eigenvalue weighted by Crippen LogP contribution is -2.39. The van der Waals surface area contributed by atoms with Gasteiger partial charge in [-0.25, -0.2) is 9.78 Å². The van der Waals surface area contributed by atoms with Crippen LogP contribution in [0, 0.1) is 11.8 Å². The van der Waals surface area contributed by atoms with Crippen LogP contribution in [-0.2, 0) is 78.9 Å². The molecule has 2 aliphatic heterocycles. The summed E-state index contributed by atoms with van der Waals surface area (Å²) in [7, 11) is 1.16. The number of carboxylic acids is 2. The minimum Gasteiger partial charge on any atom is -0.507 e. The number of aliphatic hydroxyl groups excluding tert-OH is 1. The summed E-state index contributed by atoms with van der Waals surface area (Å²) < 4.78 is 39.8. The molecule has 0 saturated heterocycles. The number of esters is 1. The van der Waals surface area contributed by atoms with Crippen LogP contribution in [0.25, 0.3) is 22.3 Å². The molecular formula is C47H56N6O19. The number of nitrogens with two attached hydrogens (primary N) is 1. The van der Waals surface area contributed by atoms with Crippen molar-refractivity contribution in [2.75, 3.05) is 32.3 Å². The fourth-order valence-corrected chi connectivity index (χ4v) is 7.64. The third-order valence-electron chi connectivity index (χ3n) is 11.2. The van der Waals surface area contributed by atoms with E-state index in [2.05, 4.69) is 21.7 Å². The number of fused-ring (bicyclic) bond motifs is 5. The van der Waals surface area contributed by atoms with E-state index in [9.17, 15) is 54.0 Å². The van der Waals surface area contributed by atoms with Gasteiger partial charge in [-0.15, -0.1) is 0 Å². The monoisotopic (exact) mass is 1010 g/mol. The second kappa shape index (κ2) is 25.3. The Morgan fingerprint density at radius 1 is 0.903 bits per heavy atom. The summed E-state index contributed by atoms with van der Waals surface area (Å²) in [6.07, 6.45) is -2.99. The number of carboxylic acid groups (broad SMARTS) is 2. The zero-order valence-electron chi connectivity index (χ0n) is 39.9. The van der Waals surface area contributed by atoms with Crippen molar-refractivity contribution in [3.05, 3.63) is 69.0 Å². The van der Waals surface area contributed by atoms with Gasteiger partial charge in [0.25, 0.3) is 5.56 Å². The summed E-state index contributed by atoms with van der Waals surface area (Å²) in [5.74, 6) is -5.33. The molecule has 0 radical (unpaired) electrons. The Morgan fingerprint density at radius 2 is 1.57 bits per heavy atom. The van der Waals surface area contributed by atoms with Gasteiger partial charge in [0.1, 0.15) is 18.1 Å². The smallest absolute Gasteiger partial charge is 0.335 e. The molecule has 0 fully saturated rings. The van der Waals surface area contributed by atoms with E-state index in [1.165, 1.54) is 36.6 Å². The van der Waals surface area contributed by atoms with Crippen LogP contribution in [0.5, 0.6) is 23.0 Å². The molecular weight excluding hydrogens is 953 g/mol. The Morgan fingerprint density at radius 3 is 2.21 bits per heavy atom. The van der Waals surface area contributed by atoms with E-state index < -0.39 is 72.4 Å². The number of methoxy groups -OCH3 is 1.